The van der Waals surface area contributed by atoms with Gasteiger partial charge in [0.1, 0.15) is 12.4 Å². The summed E-state index contributed by atoms with van der Waals surface area (Å²) in [4.78, 5) is 18.0. The van der Waals surface area contributed by atoms with Crippen molar-refractivity contribution in [1.29, 1.82) is 0 Å². The molecule has 0 aromatic heterocycles. The molecule has 0 bridgehead atoms. The van der Waals surface area contributed by atoms with Crippen LogP contribution < -0.4 is 10.2 Å². The van der Waals surface area contributed by atoms with Gasteiger partial charge in [0.2, 0.25) is 0 Å². The van der Waals surface area contributed by atoms with Crippen LogP contribution in [-0.4, -0.2) is 22.3 Å². The zero-order valence-corrected chi connectivity index (χ0v) is 17.7. The van der Waals surface area contributed by atoms with Crippen molar-refractivity contribution in [3.8, 4) is 5.75 Å². The molecule has 0 radical (unpaired) electrons. The van der Waals surface area contributed by atoms with Gasteiger partial charge in [0.25, 0.3) is 5.91 Å². The van der Waals surface area contributed by atoms with E-state index in [2.05, 4.69) is 5.43 Å². The molecule has 152 valence electrons. The zero-order chi connectivity index (χ0) is 21.0. The van der Waals surface area contributed by atoms with Gasteiger partial charge in [0.15, 0.2) is 10.7 Å². The number of amidine groups is 1. The quantitative estimate of drug-likeness (QED) is 0.608. The second-order valence-electron chi connectivity index (χ2n) is 7.09. The van der Waals surface area contributed by atoms with Crippen LogP contribution in [0.25, 0.3) is 0 Å². The molecule has 0 fully saturated rings. The number of carbonyl (C=O) groups is 1. The molecule has 1 aliphatic heterocycles. The third kappa shape index (κ3) is 4.04. The van der Waals surface area contributed by atoms with Crippen molar-refractivity contribution < 1.29 is 9.53 Å². The first kappa shape index (κ1) is 20.0. The van der Waals surface area contributed by atoms with Gasteiger partial charge in [-0.1, -0.05) is 72.4 Å². The Balaban J connectivity index is 1.51. The molecule has 0 aliphatic carbocycles. The van der Waals surface area contributed by atoms with Crippen LogP contribution in [0.5, 0.6) is 5.75 Å². The van der Waals surface area contributed by atoms with Gasteiger partial charge in [0.05, 0.1) is 5.69 Å². The van der Waals surface area contributed by atoms with Crippen molar-refractivity contribution in [2.45, 2.75) is 19.1 Å². The molecule has 1 amide bonds. The summed E-state index contributed by atoms with van der Waals surface area (Å²) in [6, 6.07) is 27.2. The van der Waals surface area contributed by atoms with Crippen LogP contribution in [0.1, 0.15) is 18.1 Å². The van der Waals surface area contributed by atoms with E-state index < -0.39 is 5.54 Å². The summed E-state index contributed by atoms with van der Waals surface area (Å²) in [5.41, 5.74) is 4.95. The van der Waals surface area contributed by atoms with Crippen LogP contribution in [-0.2, 0) is 16.9 Å². The van der Waals surface area contributed by atoms with Gasteiger partial charge in [-0.15, -0.1) is 0 Å². The van der Waals surface area contributed by atoms with E-state index in [0.29, 0.717) is 11.8 Å². The maximum atomic E-state index is 13.3. The summed E-state index contributed by atoms with van der Waals surface area (Å²) in [6.45, 7) is 2.35. The number of rotatable bonds is 6. The van der Waals surface area contributed by atoms with Crippen molar-refractivity contribution in [1.82, 2.24) is 5.01 Å². The highest BCUT2D eigenvalue weighted by molar-refractivity contribution is 8.13. The summed E-state index contributed by atoms with van der Waals surface area (Å²) in [5.74, 6) is 0.638. The molecule has 1 N–H and O–H groups in total. The first-order chi connectivity index (χ1) is 14.6. The van der Waals surface area contributed by atoms with Gasteiger partial charge in [0, 0.05) is 0 Å². The number of nitrogens with zero attached hydrogens (tertiary/aromatic N) is 2. The van der Waals surface area contributed by atoms with Crippen LogP contribution in [0.2, 0.25) is 0 Å². The normalized spacial score (nSPS) is 18.3. The van der Waals surface area contributed by atoms with Gasteiger partial charge >= 0.3 is 0 Å². The Morgan fingerprint density at radius 1 is 0.967 bits per heavy atom. The molecule has 5 nitrogen and oxygen atoms in total. The molecule has 4 rings (SSSR count). The van der Waals surface area contributed by atoms with E-state index in [1.54, 1.807) is 0 Å². The number of hydrogen-bond donors (Lipinski definition) is 1. The van der Waals surface area contributed by atoms with Crippen molar-refractivity contribution in [2.24, 2.45) is 4.99 Å². The summed E-state index contributed by atoms with van der Waals surface area (Å²) in [6.07, 6.45) is 1.91. The van der Waals surface area contributed by atoms with E-state index in [0.717, 1.165) is 22.6 Å². The van der Waals surface area contributed by atoms with Gasteiger partial charge in [-0.3, -0.25) is 10.2 Å². The maximum absolute atomic E-state index is 13.3. The molecule has 0 saturated carbocycles. The number of hydrogen-bond acceptors (Lipinski definition) is 5. The number of nitrogens with one attached hydrogen (secondary N) is 1. The monoisotopic (exact) mass is 417 g/mol. The lowest BCUT2D eigenvalue weighted by Gasteiger charge is -2.24. The topological polar surface area (TPSA) is 53.9 Å². The Labute approximate surface area is 180 Å². The van der Waals surface area contributed by atoms with E-state index in [4.69, 9.17) is 9.73 Å². The van der Waals surface area contributed by atoms with Crippen molar-refractivity contribution in [2.75, 3.05) is 11.7 Å². The molecule has 0 unspecified atom stereocenters. The van der Waals surface area contributed by atoms with Crippen molar-refractivity contribution in [3.63, 3.8) is 0 Å². The van der Waals surface area contributed by atoms with Crippen LogP contribution in [0.3, 0.4) is 0 Å². The molecule has 3 aromatic carbocycles. The lowest BCUT2D eigenvalue weighted by atomic mass is 9.92. The standard InChI is InChI=1S/C24H23N3O2S/c1-24(19-13-15-21(16-14-19)29-17-18-9-5-3-6-10-18)22(28)27(23(25-24)30-2)26-20-11-7-4-8-12-20/h3-16,26H,17H2,1-2H3/t24-/m1/s1. The number of anilines is 1. The van der Waals surface area contributed by atoms with Crippen LogP contribution in [0.15, 0.2) is 89.9 Å². The van der Waals surface area contributed by atoms with E-state index in [9.17, 15) is 4.79 Å². The highest BCUT2D eigenvalue weighted by Crippen LogP contribution is 2.36. The molecule has 6 heteroatoms. The number of hydrazine groups is 1. The SMILES string of the molecule is CSC1=N[C@](C)(c2ccc(OCc3ccccc3)cc2)C(=O)N1Nc1ccccc1. The first-order valence-corrected chi connectivity index (χ1v) is 10.9. The molecule has 0 saturated heterocycles. The molecule has 1 heterocycles. The van der Waals surface area contributed by atoms with E-state index >= 15 is 0 Å². The van der Waals surface area contributed by atoms with Crippen LogP contribution in [0.4, 0.5) is 5.69 Å². The second kappa shape index (κ2) is 8.63. The number of thioether (sulfide) groups is 1. The van der Waals surface area contributed by atoms with Gasteiger partial charge in [-0.05, 0) is 48.6 Å². The van der Waals surface area contributed by atoms with Crippen LogP contribution >= 0.6 is 11.8 Å². The molecule has 30 heavy (non-hydrogen) atoms. The van der Waals surface area contributed by atoms with E-state index in [-0.39, 0.29) is 5.91 Å². The van der Waals surface area contributed by atoms with Crippen LogP contribution in [0, 0.1) is 0 Å². The number of para-hydroxylation sites is 1. The Morgan fingerprint density at radius 3 is 2.23 bits per heavy atom. The first-order valence-electron chi connectivity index (χ1n) is 9.67. The third-order valence-electron chi connectivity index (χ3n) is 4.99. The number of carbonyl (C=O) groups excluding carboxylic acids is 1. The number of ether oxygens (including phenoxy) is 1. The van der Waals surface area contributed by atoms with E-state index in [1.165, 1.54) is 16.8 Å². The zero-order valence-electron chi connectivity index (χ0n) is 16.9. The summed E-state index contributed by atoms with van der Waals surface area (Å²) < 4.78 is 5.86. The molecule has 3 aromatic rings. The fourth-order valence-electron chi connectivity index (χ4n) is 3.28. The number of amides is 1. The fraction of sp³-hybridized carbons (Fsp3) is 0.167. The molecular formula is C24H23N3O2S. The maximum Gasteiger partial charge on any atom is 0.279 e. The summed E-state index contributed by atoms with van der Waals surface area (Å²) >= 11 is 1.44. The minimum Gasteiger partial charge on any atom is -0.489 e. The average molecular weight is 418 g/mol. The smallest absolute Gasteiger partial charge is 0.279 e. The Hall–Kier alpha value is -3.25. The average Bonchev–Trinajstić information content (AvgIpc) is 3.05. The molecule has 0 spiro atoms. The summed E-state index contributed by atoms with van der Waals surface area (Å²) in [7, 11) is 0. The minimum atomic E-state index is -0.988. The van der Waals surface area contributed by atoms with Gasteiger partial charge in [-0.2, -0.15) is 5.01 Å². The number of aliphatic imine (C=N–C) groups is 1. The highest BCUT2D eigenvalue weighted by atomic mass is 32.2. The highest BCUT2D eigenvalue weighted by Gasteiger charge is 2.46. The molecular weight excluding hydrogens is 394 g/mol. The van der Waals surface area contributed by atoms with Gasteiger partial charge in [-0.25, -0.2) is 4.99 Å². The lowest BCUT2D eigenvalue weighted by molar-refractivity contribution is -0.129. The van der Waals surface area contributed by atoms with E-state index in [1.807, 2.05) is 98.1 Å². The third-order valence-corrected chi connectivity index (χ3v) is 5.63. The predicted octanol–water partition coefficient (Wildman–Crippen LogP) is 5.07. The fourth-order valence-corrected chi connectivity index (χ4v) is 3.86. The lowest BCUT2D eigenvalue weighted by Crippen LogP contribution is -2.42. The number of benzene rings is 3. The van der Waals surface area contributed by atoms with Gasteiger partial charge < -0.3 is 4.74 Å². The largest absolute Gasteiger partial charge is 0.489 e. The molecule has 1 aliphatic rings. The second-order valence-corrected chi connectivity index (χ2v) is 7.86. The molecule has 1 atom stereocenters. The Morgan fingerprint density at radius 2 is 1.60 bits per heavy atom. The summed E-state index contributed by atoms with van der Waals surface area (Å²) in [5, 5.41) is 2.16. The van der Waals surface area contributed by atoms with Crippen molar-refractivity contribution in [3.05, 3.63) is 96.1 Å². The predicted molar refractivity (Wildman–Crippen MR) is 122 cm³/mol. The van der Waals surface area contributed by atoms with Crippen molar-refractivity contribution >= 4 is 28.5 Å². The Bertz CT molecular complexity index is 1040. The minimum absolute atomic E-state index is 0.117. The Kier molecular flexibility index (Phi) is 5.77.